The van der Waals surface area contributed by atoms with Crippen LogP contribution < -0.4 is 26.4 Å². The predicted molar refractivity (Wildman–Crippen MR) is 111 cm³/mol. The van der Waals surface area contributed by atoms with Crippen molar-refractivity contribution >= 4 is 28.7 Å². The van der Waals surface area contributed by atoms with Gasteiger partial charge in [0, 0.05) is 31.9 Å². The highest BCUT2D eigenvalue weighted by molar-refractivity contribution is 5.76. The van der Waals surface area contributed by atoms with Gasteiger partial charge in [-0.2, -0.15) is 0 Å². The number of nitrogen functional groups attached to an aromatic ring is 1. The van der Waals surface area contributed by atoms with Crippen LogP contribution in [0.25, 0.3) is 0 Å². The van der Waals surface area contributed by atoms with Gasteiger partial charge in [0.1, 0.15) is 12.0 Å². The second kappa shape index (κ2) is 7.82. The van der Waals surface area contributed by atoms with Crippen molar-refractivity contribution in [1.29, 1.82) is 0 Å². The number of benzene rings is 2. The fraction of sp³-hybridized carbons (Fsp3) is 0.200. The van der Waals surface area contributed by atoms with E-state index in [4.69, 9.17) is 5.73 Å². The van der Waals surface area contributed by atoms with E-state index in [9.17, 15) is 0 Å². The van der Waals surface area contributed by atoms with Gasteiger partial charge in [-0.1, -0.05) is 36.4 Å². The van der Waals surface area contributed by atoms with E-state index in [0.717, 1.165) is 37.7 Å². The van der Waals surface area contributed by atoms with Crippen molar-refractivity contribution in [1.82, 2.24) is 9.97 Å². The summed E-state index contributed by atoms with van der Waals surface area (Å²) in [6.07, 6.45) is 1.55. The third-order valence-corrected chi connectivity index (χ3v) is 4.66. The Labute approximate surface area is 158 Å². The van der Waals surface area contributed by atoms with Crippen LogP contribution in [0.15, 0.2) is 67.0 Å². The molecule has 2 aromatic carbocycles. The lowest BCUT2D eigenvalue weighted by Gasteiger charge is -2.37. The SMILES string of the molecule is Nc1c(NNc2ccccc2)ncnc1N1CCN(c2ccccc2)CC1. The Morgan fingerprint density at radius 2 is 1.37 bits per heavy atom. The minimum atomic E-state index is 0.550. The Kier molecular flexibility index (Phi) is 4.91. The molecule has 0 bridgehead atoms. The second-order valence-corrected chi connectivity index (χ2v) is 6.39. The van der Waals surface area contributed by atoms with Crippen LogP contribution in [0, 0.1) is 0 Å². The fourth-order valence-corrected chi connectivity index (χ4v) is 3.21. The maximum absolute atomic E-state index is 6.34. The summed E-state index contributed by atoms with van der Waals surface area (Å²) >= 11 is 0. The van der Waals surface area contributed by atoms with Crippen molar-refractivity contribution in [3.05, 3.63) is 67.0 Å². The number of piperazine rings is 1. The van der Waals surface area contributed by atoms with E-state index in [1.54, 1.807) is 6.33 Å². The van der Waals surface area contributed by atoms with Crippen molar-refractivity contribution in [2.75, 3.05) is 52.6 Å². The molecule has 4 rings (SSSR count). The van der Waals surface area contributed by atoms with Crippen molar-refractivity contribution in [3.8, 4) is 0 Å². The predicted octanol–water partition coefficient (Wildman–Crippen LogP) is 2.82. The maximum atomic E-state index is 6.34. The summed E-state index contributed by atoms with van der Waals surface area (Å²) in [5.41, 5.74) is 15.3. The number of aromatic nitrogens is 2. The zero-order valence-corrected chi connectivity index (χ0v) is 15.0. The van der Waals surface area contributed by atoms with Crippen molar-refractivity contribution < 1.29 is 0 Å². The Balaban J connectivity index is 1.42. The Bertz CT molecular complexity index is 862. The summed E-state index contributed by atoms with van der Waals surface area (Å²) in [6, 6.07) is 20.3. The highest BCUT2D eigenvalue weighted by Crippen LogP contribution is 2.27. The fourth-order valence-electron chi connectivity index (χ4n) is 3.21. The van der Waals surface area contributed by atoms with Crippen LogP contribution in [-0.4, -0.2) is 36.1 Å². The summed E-state index contributed by atoms with van der Waals surface area (Å²) in [7, 11) is 0. The van der Waals surface area contributed by atoms with Crippen LogP contribution in [-0.2, 0) is 0 Å². The summed E-state index contributed by atoms with van der Waals surface area (Å²) in [5.74, 6) is 1.35. The first-order chi connectivity index (χ1) is 13.3. The van der Waals surface area contributed by atoms with Crippen LogP contribution in [0.5, 0.6) is 0 Å². The molecular formula is C20H23N7. The molecule has 0 saturated carbocycles. The number of hydrogen-bond donors (Lipinski definition) is 3. The number of para-hydroxylation sites is 2. The molecule has 138 valence electrons. The van der Waals surface area contributed by atoms with Crippen molar-refractivity contribution in [2.24, 2.45) is 0 Å². The third kappa shape index (κ3) is 3.87. The number of nitrogens with one attached hydrogen (secondary N) is 2. The van der Waals surface area contributed by atoms with Crippen molar-refractivity contribution in [3.63, 3.8) is 0 Å². The lowest BCUT2D eigenvalue weighted by molar-refractivity contribution is 0.647. The van der Waals surface area contributed by atoms with Crippen LogP contribution in [0.4, 0.5) is 28.7 Å². The van der Waals surface area contributed by atoms with E-state index in [-0.39, 0.29) is 0 Å². The first kappa shape index (κ1) is 17.0. The van der Waals surface area contributed by atoms with Gasteiger partial charge in [-0.3, -0.25) is 10.9 Å². The van der Waals surface area contributed by atoms with E-state index < -0.39 is 0 Å². The lowest BCUT2D eigenvalue weighted by atomic mass is 10.2. The molecule has 0 spiro atoms. The number of hydrogen-bond acceptors (Lipinski definition) is 7. The van der Waals surface area contributed by atoms with Gasteiger partial charge in [0.2, 0.25) is 0 Å². The molecule has 0 amide bonds. The quantitative estimate of drug-likeness (QED) is 0.603. The Morgan fingerprint density at radius 3 is 2.07 bits per heavy atom. The van der Waals surface area contributed by atoms with E-state index in [1.807, 2.05) is 36.4 Å². The molecule has 1 aliphatic rings. The topological polar surface area (TPSA) is 82.3 Å². The van der Waals surface area contributed by atoms with E-state index >= 15 is 0 Å². The minimum Gasteiger partial charge on any atom is -0.393 e. The van der Waals surface area contributed by atoms with Gasteiger partial charge in [0.25, 0.3) is 0 Å². The molecule has 1 fully saturated rings. The molecule has 7 heteroatoms. The van der Waals surface area contributed by atoms with Crippen LogP contribution >= 0.6 is 0 Å². The molecule has 0 unspecified atom stereocenters. The monoisotopic (exact) mass is 361 g/mol. The number of rotatable bonds is 5. The zero-order chi connectivity index (χ0) is 18.5. The number of nitrogens with zero attached hydrogens (tertiary/aromatic N) is 4. The molecule has 3 aromatic rings. The average Bonchev–Trinajstić information content (AvgIpc) is 2.75. The molecule has 7 nitrogen and oxygen atoms in total. The maximum Gasteiger partial charge on any atom is 0.173 e. The second-order valence-electron chi connectivity index (χ2n) is 6.39. The average molecular weight is 361 g/mol. The van der Waals surface area contributed by atoms with Gasteiger partial charge in [-0.25, -0.2) is 9.97 Å². The summed E-state index contributed by atoms with van der Waals surface area (Å²) in [5, 5.41) is 0. The van der Waals surface area contributed by atoms with Gasteiger partial charge in [0.05, 0.1) is 5.69 Å². The zero-order valence-electron chi connectivity index (χ0n) is 15.0. The highest BCUT2D eigenvalue weighted by atomic mass is 15.4. The molecule has 4 N–H and O–H groups in total. The van der Waals surface area contributed by atoms with Gasteiger partial charge >= 0.3 is 0 Å². The third-order valence-electron chi connectivity index (χ3n) is 4.66. The summed E-state index contributed by atoms with van der Waals surface area (Å²) < 4.78 is 0. The molecular weight excluding hydrogens is 338 g/mol. The van der Waals surface area contributed by atoms with Crippen LogP contribution in [0.3, 0.4) is 0 Å². The number of hydrazine groups is 1. The van der Waals surface area contributed by atoms with Gasteiger partial charge in [-0.15, -0.1) is 0 Å². The summed E-state index contributed by atoms with van der Waals surface area (Å²) in [4.78, 5) is 13.3. The van der Waals surface area contributed by atoms with E-state index in [1.165, 1.54) is 5.69 Å². The van der Waals surface area contributed by atoms with Gasteiger partial charge < -0.3 is 15.5 Å². The summed E-state index contributed by atoms with van der Waals surface area (Å²) in [6.45, 7) is 3.58. The molecule has 1 saturated heterocycles. The first-order valence-corrected chi connectivity index (χ1v) is 9.04. The minimum absolute atomic E-state index is 0.550. The largest absolute Gasteiger partial charge is 0.393 e. The van der Waals surface area contributed by atoms with Crippen LogP contribution in [0.2, 0.25) is 0 Å². The molecule has 0 aliphatic carbocycles. The Hall–Kier alpha value is -3.48. The van der Waals surface area contributed by atoms with E-state index in [0.29, 0.717) is 11.5 Å². The molecule has 27 heavy (non-hydrogen) atoms. The molecule has 0 atom stereocenters. The van der Waals surface area contributed by atoms with E-state index in [2.05, 4.69) is 54.9 Å². The number of nitrogens with two attached hydrogens (primary N) is 1. The number of anilines is 5. The van der Waals surface area contributed by atoms with Gasteiger partial charge in [0.15, 0.2) is 11.6 Å². The first-order valence-electron chi connectivity index (χ1n) is 9.04. The highest BCUT2D eigenvalue weighted by Gasteiger charge is 2.21. The lowest BCUT2D eigenvalue weighted by Crippen LogP contribution is -2.47. The van der Waals surface area contributed by atoms with Crippen LogP contribution in [0.1, 0.15) is 0 Å². The van der Waals surface area contributed by atoms with Gasteiger partial charge in [-0.05, 0) is 24.3 Å². The molecule has 0 radical (unpaired) electrons. The van der Waals surface area contributed by atoms with Crippen molar-refractivity contribution in [2.45, 2.75) is 0 Å². The Morgan fingerprint density at radius 1 is 0.741 bits per heavy atom. The molecule has 1 aromatic heterocycles. The molecule has 1 aliphatic heterocycles. The standard InChI is InChI=1S/C20H23N7/c21-18-19(25-24-16-7-3-1-4-8-16)22-15-23-20(18)27-13-11-26(12-14-27)17-9-5-2-6-10-17/h1-10,15,24H,11-14,21H2,(H,22,23,25). The smallest absolute Gasteiger partial charge is 0.173 e. The normalized spacial score (nSPS) is 14.1. The molecule has 2 heterocycles.